The third-order valence-electron chi connectivity index (χ3n) is 3.21. The van der Waals surface area contributed by atoms with Crippen molar-refractivity contribution in [2.75, 3.05) is 13.7 Å². The van der Waals surface area contributed by atoms with Crippen molar-refractivity contribution in [2.45, 2.75) is 45.8 Å². The van der Waals surface area contributed by atoms with Crippen molar-refractivity contribution in [2.24, 2.45) is 4.99 Å². The molecule has 0 spiro atoms. The quantitative estimate of drug-likeness (QED) is 0.284. The Morgan fingerprint density at radius 1 is 1.10 bits per heavy atom. The van der Waals surface area contributed by atoms with E-state index in [1.807, 2.05) is 0 Å². The molecule has 0 aliphatic heterocycles. The van der Waals surface area contributed by atoms with Gasteiger partial charge in [-0.3, -0.25) is 5.32 Å². The maximum Gasteiger partial charge on any atom is 0.412 e. The van der Waals surface area contributed by atoms with Crippen molar-refractivity contribution in [1.82, 2.24) is 10.6 Å². The molecule has 0 aliphatic rings. The van der Waals surface area contributed by atoms with E-state index in [0.29, 0.717) is 0 Å². The van der Waals surface area contributed by atoms with E-state index in [1.165, 1.54) is 25.3 Å². The van der Waals surface area contributed by atoms with Crippen molar-refractivity contribution in [1.29, 1.82) is 0 Å². The van der Waals surface area contributed by atoms with Crippen LogP contribution in [0.15, 0.2) is 23.2 Å². The normalized spacial score (nSPS) is 11.7. The molecular weight excluding hydrogens is 382 g/mol. The lowest BCUT2D eigenvalue weighted by Crippen LogP contribution is -2.45. The Morgan fingerprint density at radius 3 is 2.31 bits per heavy atom. The zero-order valence-electron chi connectivity index (χ0n) is 17.4. The van der Waals surface area contributed by atoms with E-state index in [9.17, 15) is 19.5 Å². The number of esters is 1. The highest BCUT2D eigenvalue weighted by Gasteiger charge is 2.25. The molecule has 29 heavy (non-hydrogen) atoms. The van der Waals surface area contributed by atoms with Gasteiger partial charge >= 0.3 is 18.2 Å². The first-order valence-electron chi connectivity index (χ1n) is 8.73. The van der Waals surface area contributed by atoms with Crippen molar-refractivity contribution >= 4 is 30.2 Å². The summed E-state index contributed by atoms with van der Waals surface area (Å²) in [5.74, 6) is -0.860. The molecule has 0 radical (unpaired) electrons. The van der Waals surface area contributed by atoms with Crippen LogP contribution in [-0.2, 0) is 14.2 Å². The van der Waals surface area contributed by atoms with Gasteiger partial charge in [0.1, 0.15) is 22.6 Å². The van der Waals surface area contributed by atoms with E-state index < -0.39 is 29.4 Å². The summed E-state index contributed by atoms with van der Waals surface area (Å²) in [5, 5.41) is 14.7. The molecule has 0 aliphatic carbocycles. The zero-order valence-corrected chi connectivity index (χ0v) is 17.4. The van der Waals surface area contributed by atoms with E-state index in [1.54, 1.807) is 34.6 Å². The second-order valence-corrected chi connectivity index (χ2v) is 7.60. The van der Waals surface area contributed by atoms with E-state index in [-0.39, 0.29) is 23.5 Å². The Balaban J connectivity index is 2.55. The van der Waals surface area contributed by atoms with Gasteiger partial charge in [0.2, 0.25) is 0 Å². The third-order valence-corrected chi connectivity index (χ3v) is 3.21. The van der Waals surface area contributed by atoms with Crippen LogP contribution in [0.3, 0.4) is 0 Å². The number of carbonyl (C=O) groups is 3. The molecule has 1 aromatic rings. The largest absolute Gasteiger partial charge is 0.506 e. The molecule has 2 amide bonds. The number of aliphatic imine (C=N–C) groups is 1. The van der Waals surface area contributed by atoms with Crippen molar-refractivity contribution in [3.05, 3.63) is 23.8 Å². The number of hydrogen-bond acceptors (Lipinski definition) is 8. The number of phenolic OH excluding ortho intramolecular Hbond substituents is 1. The summed E-state index contributed by atoms with van der Waals surface area (Å²) in [5.41, 5.74) is -1.36. The van der Waals surface area contributed by atoms with Crippen molar-refractivity contribution in [3.63, 3.8) is 0 Å². The Kier molecular flexibility index (Phi) is 7.99. The first-order chi connectivity index (χ1) is 13.3. The number of aromatic hydroxyl groups is 1. The van der Waals surface area contributed by atoms with Crippen LogP contribution >= 0.6 is 0 Å². The number of phenols is 1. The number of carbonyl (C=O) groups excluding carboxylic acids is 3. The van der Waals surface area contributed by atoms with Crippen molar-refractivity contribution in [3.8, 4) is 5.75 Å². The second kappa shape index (κ2) is 9.76. The smallest absolute Gasteiger partial charge is 0.412 e. The predicted octanol–water partition coefficient (Wildman–Crippen LogP) is 2.87. The molecule has 160 valence electrons. The van der Waals surface area contributed by atoms with E-state index in [0.717, 1.165) is 6.34 Å². The SMILES string of the molecule is COC(=O)c1ccc(N=CNC(=O)OC(C)(C)CNC(=O)OC(C)(C)C)c(O)c1. The monoisotopic (exact) mass is 409 g/mol. The summed E-state index contributed by atoms with van der Waals surface area (Å²) in [6.45, 7) is 8.46. The lowest BCUT2D eigenvalue weighted by Gasteiger charge is -2.26. The molecule has 0 unspecified atom stereocenters. The highest BCUT2D eigenvalue weighted by atomic mass is 16.6. The van der Waals surface area contributed by atoms with E-state index in [4.69, 9.17) is 9.47 Å². The molecule has 0 heterocycles. The lowest BCUT2D eigenvalue weighted by atomic mass is 10.1. The summed E-state index contributed by atoms with van der Waals surface area (Å²) in [6.07, 6.45) is -0.399. The molecule has 0 saturated carbocycles. The minimum absolute atomic E-state index is 0.0300. The fourth-order valence-electron chi connectivity index (χ4n) is 1.95. The molecule has 10 heteroatoms. The molecule has 0 aromatic heterocycles. The molecule has 1 aromatic carbocycles. The summed E-state index contributed by atoms with van der Waals surface area (Å²) < 4.78 is 14.9. The molecule has 1 rings (SSSR count). The van der Waals surface area contributed by atoms with Crippen LogP contribution in [0, 0.1) is 0 Å². The lowest BCUT2D eigenvalue weighted by molar-refractivity contribution is 0.0275. The molecule has 0 fully saturated rings. The number of nitrogens with one attached hydrogen (secondary N) is 2. The van der Waals surface area contributed by atoms with Gasteiger partial charge in [0.05, 0.1) is 25.6 Å². The summed E-state index contributed by atoms with van der Waals surface area (Å²) in [7, 11) is 1.23. The van der Waals surface area contributed by atoms with Crippen molar-refractivity contribution < 1.29 is 33.7 Å². The number of alkyl carbamates (subject to hydrolysis) is 2. The third kappa shape index (κ3) is 8.96. The number of rotatable bonds is 6. The van der Waals surface area contributed by atoms with Gasteiger partial charge in [0.15, 0.2) is 0 Å². The minimum atomic E-state index is -1.01. The van der Waals surface area contributed by atoms with Crippen LogP contribution in [0.25, 0.3) is 0 Å². The van der Waals surface area contributed by atoms with Gasteiger partial charge in [0.25, 0.3) is 0 Å². The van der Waals surface area contributed by atoms with Gasteiger partial charge in [-0.1, -0.05) is 0 Å². The Bertz CT molecular complexity index is 782. The molecule has 0 bridgehead atoms. The topological polar surface area (TPSA) is 136 Å². The Morgan fingerprint density at radius 2 is 1.76 bits per heavy atom. The van der Waals surface area contributed by atoms with Crippen LogP contribution in [0.1, 0.15) is 45.0 Å². The molecule has 0 atom stereocenters. The minimum Gasteiger partial charge on any atom is -0.506 e. The number of benzene rings is 1. The average molecular weight is 409 g/mol. The Labute approximate surface area is 169 Å². The number of methoxy groups -OCH3 is 1. The average Bonchev–Trinajstić information content (AvgIpc) is 2.59. The van der Waals surface area contributed by atoms with Crippen LogP contribution in [-0.4, -0.2) is 54.5 Å². The molecule has 10 nitrogen and oxygen atoms in total. The summed E-state index contributed by atoms with van der Waals surface area (Å²) in [6, 6.07) is 4.00. The van der Waals surface area contributed by atoms with Crippen LogP contribution in [0.2, 0.25) is 0 Å². The summed E-state index contributed by atoms with van der Waals surface area (Å²) >= 11 is 0. The van der Waals surface area contributed by atoms with Crippen LogP contribution in [0.5, 0.6) is 5.75 Å². The van der Waals surface area contributed by atoms with Crippen LogP contribution in [0.4, 0.5) is 15.3 Å². The maximum absolute atomic E-state index is 11.9. The fourth-order valence-corrected chi connectivity index (χ4v) is 1.95. The first kappa shape index (κ1) is 23.7. The predicted molar refractivity (Wildman–Crippen MR) is 106 cm³/mol. The number of amides is 2. The van der Waals surface area contributed by atoms with Gasteiger partial charge in [0, 0.05) is 0 Å². The molecule has 3 N–H and O–H groups in total. The first-order valence-corrected chi connectivity index (χ1v) is 8.73. The van der Waals surface area contributed by atoms with Gasteiger partial charge in [-0.05, 0) is 52.8 Å². The fraction of sp³-hybridized carbons (Fsp3) is 0.474. The van der Waals surface area contributed by atoms with E-state index in [2.05, 4.69) is 20.4 Å². The van der Waals surface area contributed by atoms with Gasteiger partial charge in [-0.25, -0.2) is 19.4 Å². The molecular formula is C19H27N3O7. The second-order valence-electron chi connectivity index (χ2n) is 7.60. The summed E-state index contributed by atoms with van der Waals surface area (Å²) in [4.78, 5) is 38.9. The number of ether oxygens (including phenoxy) is 3. The van der Waals surface area contributed by atoms with Gasteiger partial charge < -0.3 is 24.6 Å². The van der Waals surface area contributed by atoms with E-state index >= 15 is 0 Å². The standard InChI is InChI=1S/C19H27N3O7/c1-18(2,3)28-16(25)20-10-19(4,5)29-17(26)22-11-21-13-8-7-12(9-14(13)23)15(24)27-6/h7-9,11,23H,10H2,1-6H3,(H,20,25)(H,21,22,26). The Hall–Kier alpha value is -3.30. The molecule has 0 saturated heterocycles. The van der Waals surface area contributed by atoms with Crippen LogP contribution < -0.4 is 10.6 Å². The highest BCUT2D eigenvalue weighted by molar-refractivity contribution is 5.91. The van der Waals surface area contributed by atoms with Gasteiger partial charge in [-0.15, -0.1) is 0 Å². The number of hydrogen-bond donors (Lipinski definition) is 3. The zero-order chi connectivity index (χ0) is 22.2. The van der Waals surface area contributed by atoms with Gasteiger partial charge in [-0.2, -0.15) is 0 Å². The number of nitrogens with zero attached hydrogens (tertiary/aromatic N) is 1. The highest BCUT2D eigenvalue weighted by Crippen LogP contribution is 2.27. The maximum atomic E-state index is 11.9.